The average Bonchev–Trinajstić information content (AvgIpc) is 2.97. The minimum Gasteiger partial charge on any atom is -0.390 e. The lowest BCUT2D eigenvalue weighted by Crippen LogP contribution is -2.50. The quantitative estimate of drug-likeness (QED) is 0.484. The molecule has 2 nitrogen and oxygen atoms in total. The number of halogens is 6. The van der Waals surface area contributed by atoms with Gasteiger partial charge in [-0.1, -0.05) is 46.4 Å². The van der Waals surface area contributed by atoms with E-state index in [4.69, 9.17) is 69.6 Å². The Hall–Kier alpha value is 1.40. The molecular formula is C12H10Cl6O2. The van der Waals surface area contributed by atoms with Crippen LogP contribution in [0, 0.1) is 23.7 Å². The first-order valence-corrected chi connectivity index (χ1v) is 8.56. The molecule has 4 bridgehead atoms. The summed E-state index contributed by atoms with van der Waals surface area (Å²) in [6.07, 6.45) is -1.09. The van der Waals surface area contributed by atoms with Crippen molar-refractivity contribution in [1.29, 1.82) is 0 Å². The van der Waals surface area contributed by atoms with Gasteiger partial charge in [-0.2, -0.15) is 0 Å². The zero-order valence-corrected chi connectivity index (χ0v) is 14.4. The van der Waals surface area contributed by atoms with Crippen molar-refractivity contribution in [3.63, 3.8) is 0 Å². The van der Waals surface area contributed by atoms with Crippen LogP contribution in [0.2, 0.25) is 0 Å². The van der Waals surface area contributed by atoms with Crippen LogP contribution in [0.1, 0.15) is 6.42 Å². The van der Waals surface area contributed by atoms with Crippen LogP contribution >= 0.6 is 69.6 Å². The van der Waals surface area contributed by atoms with Crippen molar-refractivity contribution in [2.45, 2.75) is 32.7 Å². The topological polar surface area (TPSA) is 40.5 Å². The molecule has 0 aliphatic heterocycles. The molecular weight excluding hydrogens is 389 g/mol. The van der Waals surface area contributed by atoms with Crippen molar-refractivity contribution in [2.75, 3.05) is 0 Å². The van der Waals surface area contributed by atoms with E-state index in [1.165, 1.54) is 0 Å². The van der Waals surface area contributed by atoms with Gasteiger partial charge in [0.25, 0.3) is 0 Å². The largest absolute Gasteiger partial charge is 0.390 e. The number of fused-ring (bicyclic) bond motifs is 9. The highest BCUT2D eigenvalue weighted by atomic mass is 35.5. The van der Waals surface area contributed by atoms with Crippen LogP contribution < -0.4 is 0 Å². The standard InChI is InChI=1S/C12H10Cl6O2/c13-8-9(14)11(16)5-3-1-2(6(19)7(3)20)4(5)10(8,15)12(11,17)18/h2-7,19-20H,1H2/t2-,3-,4-,5+,6+,7-,10+,11+/m1/s1. The highest BCUT2D eigenvalue weighted by molar-refractivity contribution is 6.65. The summed E-state index contributed by atoms with van der Waals surface area (Å²) in [5.41, 5.74) is 0. The predicted molar refractivity (Wildman–Crippen MR) is 80.9 cm³/mol. The maximum atomic E-state index is 10.2. The van der Waals surface area contributed by atoms with E-state index in [-0.39, 0.29) is 33.7 Å². The van der Waals surface area contributed by atoms with E-state index in [0.717, 1.165) is 0 Å². The lowest BCUT2D eigenvalue weighted by atomic mass is 9.70. The Morgan fingerprint density at radius 3 is 1.50 bits per heavy atom. The van der Waals surface area contributed by atoms with E-state index in [1.807, 2.05) is 0 Å². The fraction of sp³-hybridized carbons (Fsp3) is 0.833. The molecule has 0 aromatic rings. The number of alkyl halides is 4. The van der Waals surface area contributed by atoms with Gasteiger partial charge in [-0.3, -0.25) is 0 Å². The van der Waals surface area contributed by atoms with E-state index in [2.05, 4.69) is 0 Å². The molecule has 0 heterocycles. The smallest absolute Gasteiger partial charge is 0.166 e. The van der Waals surface area contributed by atoms with Crippen LogP contribution in [-0.4, -0.2) is 36.5 Å². The number of allylic oxidation sites excluding steroid dienone is 2. The molecule has 4 rings (SSSR count). The van der Waals surface area contributed by atoms with Gasteiger partial charge < -0.3 is 10.2 Å². The first-order valence-electron chi connectivity index (χ1n) is 6.29. The minimum absolute atomic E-state index is 0.163. The van der Waals surface area contributed by atoms with Crippen molar-refractivity contribution in [1.82, 2.24) is 0 Å². The van der Waals surface area contributed by atoms with Crippen LogP contribution in [-0.2, 0) is 0 Å². The molecule has 20 heavy (non-hydrogen) atoms. The van der Waals surface area contributed by atoms with Crippen LogP contribution in [0.15, 0.2) is 10.1 Å². The van der Waals surface area contributed by atoms with Crippen molar-refractivity contribution >= 4 is 69.6 Å². The fourth-order valence-electron chi connectivity index (χ4n) is 5.01. The summed E-state index contributed by atoms with van der Waals surface area (Å²) in [5, 5.41) is 20.6. The van der Waals surface area contributed by atoms with Gasteiger partial charge in [0, 0.05) is 0 Å². The molecule has 0 aromatic heterocycles. The molecule has 0 saturated heterocycles. The van der Waals surface area contributed by atoms with Gasteiger partial charge in [0.1, 0.15) is 9.75 Å². The van der Waals surface area contributed by atoms with Gasteiger partial charge in [0.2, 0.25) is 0 Å². The Bertz CT molecular complexity index is 506. The van der Waals surface area contributed by atoms with Gasteiger partial charge in [0.05, 0.1) is 22.3 Å². The summed E-state index contributed by atoms with van der Waals surface area (Å²) >= 11 is 39.0. The summed E-state index contributed by atoms with van der Waals surface area (Å²) in [4.78, 5) is -2.64. The Morgan fingerprint density at radius 1 is 0.800 bits per heavy atom. The van der Waals surface area contributed by atoms with E-state index >= 15 is 0 Å². The zero-order valence-electron chi connectivity index (χ0n) is 9.83. The highest BCUT2D eigenvalue weighted by Crippen LogP contribution is 2.82. The SMILES string of the molecule is O[C@@H]1[C@H](O)[C@@H]2C[C@@H]1[C@@H]1[C@H]2[C@]2(Cl)C(Cl)=C(Cl)[C@]1(Cl)C2(Cl)Cl. The number of aliphatic hydroxyl groups is 2. The lowest BCUT2D eigenvalue weighted by molar-refractivity contribution is -0.0559. The zero-order chi connectivity index (χ0) is 14.8. The molecule has 2 N–H and O–H groups in total. The summed E-state index contributed by atoms with van der Waals surface area (Å²) < 4.78 is -1.58. The molecule has 4 aliphatic carbocycles. The third-order valence-electron chi connectivity index (χ3n) is 5.75. The molecule has 0 amide bonds. The lowest BCUT2D eigenvalue weighted by Gasteiger charge is -2.42. The molecule has 112 valence electrons. The van der Waals surface area contributed by atoms with Crippen LogP contribution in [0.25, 0.3) is 0 Å². The average molecular weight is 399 g/mol. The van der Waals surface area contributed by atoms with E-state index < -0.39 is 26.3 Å². The Balaban J connectivity index is 1.98. The molecule has 3 fully saturated rings. The van der Waals surface area contributed by atoms with Gasteiger partial charge in [-0.25, -0.2) is 0 Å². The number of hydrogen-bond acceptors (Lipinski definition) is 2. The van der Waals surface area contributed by atoms with E-state index in [1.54, 1.807) is 0 Å². The van der Waals surface area contributed by atoms with Crippen molar-refractivity contribution < 1.29 is 10.2 Å². The van der Waals surface area contributed by atoms with E-state index in [0.29, 0.717) is 6.42 Å². The molecule has 8 atom stereocenters. The third kappa shape index (κ3) is 1.16. The van der Waals surface area contributed by atoms with Crippen LogP contribution in [0.5, 0.6) is 0 Å². The highest BCUT2D eigenvalue weighted by Gasteiger charge is 2.87. The predicted octanol–water partition coefficient (Wildman–Crippen LogP) is 3.44. The molecule has 0 aromatic carbocycles. The second kappa shape index (κ2) is 3.89. The van der Waals surface area contributed by atoms with Crippen molar-refractivity contribution in [2.24, 2.45) is 23.7 Å². The van der Waals surface area contributed by atoms with Crippen molar-refractivity contribution in [3.05, 3.63) is 10.1 Å². The monoisotopic (exact) mass is 396 g/mol. The van der Waals surface area contributed by atoms with Gasteiger partial charge >= 0.3 is 0 Å². The van der Waals surface area contributed by atoms with Gasteiger partial charge in [-0.05, 0) is 30.1 Å². The molecule has 4 aliphatic rings. The summed E-state index contributed by atoms with van der Waals surface area (Å²) in [5.74, 6) is -1.05. The van der Waals surface area contributed by atoms with E-state index in [9.17, 15) is 10.2 Å². The fourth-order valence-corrected chi connectivity index (χ4v) is 8.14. The summed E-state index contributed by atoms with van der Waals surface area (Å²) in [6.45, 7) is 0. The molecule has 0 unspecified atom stereocenters. The summed E-state index contributed by atoms with van der Waals surface area (Å²) in [7, 11) is 0. The van der Waals surface area contributed by atoms with Crippen molar-refractivity contribution in [3.8, 4) is 0 Å². The molecule has 8 heteroatoms. The first kappa shape index (κ1) is 15.0. The van der Waals surface area contributed by atoms with Gasteiger partial charge in [0.15, 0.2) is 4.33 Å². The third-order valence-corrected chi connectivity index (χ3v) is 10.0. The maximum Gasteiger partial charge on any atom is 0.166 e. The molecule has 3 saturated carbocycles. The number of hydrogen-bond donors (Lipinski definition) is 2. The Kier molecular flexibility index (Phi) is 2.91. The number of aliphatic hydroxyl groups excluding tert-OH is 2. The maximum absolute atomic E-state index is 10.2. The van der Waals surface area contributed by atoms with Crippen LogP contribution in [0.3, 0.4) is 0 Å². The normalized spacial score (nSPS) is 62.4. The Morgan fingerprint density at radius 2 is 1.15 bits per heavy atom. The van der Waals surface area contributed by atoms with Crippen LogP contribution in [0.4, 0.5) is 0 Å². The first-order chi connectivity index (χ1) is 9.11. The number of rotatable bonds is 0. The minimum atomic E-state index is -1.58. The molecule has 0 spiro atoms. The summed E-state index contributed by atoms with van der Waals surface area (Å²) in [6, 6.07) is 0. The molecule has 0 radical (unpaired) electrons. The second-order valence-electron chi connectivity index (χ2n) is 6.22. The van der Waals surface area contributed by atoms with Gasteiger partial charge in [-0.15, -0.1) is 23.2 Å². The Labute approximate surface area is 145 Å². The second-order valence-corrected chi connectivity index (χ2v) is 9.50.